The molecule has 4 N–H and O–H groups in total. The number of para-hydroxylation sites is 1. The fourth-order valence-corrected chi connectivity index (χ4v) is 1.42. The van der Waals surface area contributed by atoms with Gasteiger partial charge < -0.3 is 20.6 Å². The highest BCUT2D eigenvalue weighted by molar-refractivity contribution is 5.90. The monoisotopic (exact) mass is 206 g/mol. The van der Waals surface area contributed by atoms with Crippen molar-refractivity contribution in [2.45, 2.75) is 6.04 Å². The molecule has 0 fully saturated rings. The van der Waals surface area contributed by atoms with Crippen LogP contribution in [0.4, 0.5) is 5.69 Å². The Labute approximate surface area is 87.7 Å². The van der Waals surface area contributed by atoms with E-state index in [4.69, 9.17) is 15.3 Å². The molecule has 4 nitrogen and oxygen atoms in total. The second-order valence-corrected chi connectivity index (χ2v) is 3.47. The van der Waals surface area contributed by atoms with Crippen molar-refractivity contribution >= 4 is 16.7 Å². The summed E-state index contributed by atoms with van der Waals surface area (Å²) in [5.41, 5.74) is 7.35. The van der Waals surface area contributed by atoms with Crippen LogP contribution in [-0.4, -0.2) is 24.3 Å². The van der Waals surface area contributed by atoms with Crippen LogP contribution in [0.2, 0.25) is 0 Å². The Morgan fingerprint density at radius 3 is 3.00 bits per heavy atom. The Balaban J connectivity index is 2.14. The molecule has 0 saturated heterocycles. The molecule has 1 atom stereocenters. The molecule has 80 valence electrons. The first kappa shape index (κ1) is 10.0. The molecule has 0 aliphatic heterocycles. The molecule has 0 bridgehead atoms. The van der Waals surface area contributed by atoms with Crippen molar-refractivity contribution in [3.63, 3.8) is 0 Å². The van der Waals surface area contributed by atoms with Gasteiger partial charge in [-0.05, 0) is 12.1 Å². The maximum absolute atomic E-state index is 8.79. The van der Waals surface area contributed by atoms with E-state index in [0.717, 1.165) is 16.7 Å². The van der Waals surface area contributed by atoms with Crippen LogP contribution in [-0.2, 0) is 0 Å². The predicted molar refractivity (Wildman–Crippen MR) is 59.8 cm³/mol. The minimum atomic E-state index is -0.251. The van der Waals surface area contributed by atoms with E-state index >= 15 is 0 Å². The van der Waals surface area contributed by atoms with Crippen molar-refractivity contribution in [3.8, 4) is 0 Å². The van der Waals surface area contributed by atoms with Crippen LogP contribution in [0.3, 0.4) is 0 Å². The zero-order chi connectivity index (χ0) is 10.7. The second kappa shape index (κ2) is 4.33. The highest BCUT2D eigenvalue weighted by Crippen LogP contribution is 2.24. The van der Waals surface area contributed by atoms with Crippen molar-refractivity contribution in [1.29, 1.82) is 0 Å². The van der Waals surface area contributed by atoms with E-state index in [2.05, 4.69) is 5.32 Å². The van der Waals surface area contributed by atoms with Gasteiger partial charge in [0.15, 0.2) is 0 Å². The Bertz CT molecular complexity index is 439. The maximum atomic E-state index is 8.79. The molecule has 0 saturated carbocycles. The van der Waals surface area contributed by atoms with Gasteiger partial charge in [-0.15, -0.1) is 0 Å². The lowest BCUT2D eigenvalue weighted by Crippen LogP contribution is -2.32. The lowest BCUT2D eigenvalue weighted by atomic mass is 10.2. The highest BCUT2D eigenvalue weighted by atomic mass is 16.3. The molecule has 4 heteroatoms. The molecule has 0 amide bonds. The summed E-state index contributed by atoms with van der Waals surface area (Å²) in [5.74, 6) is 0. The van der Waals surface area contributed by atoms with E-state index in [1.54, 1.807) is 6.26 Å². The van der Waals surface area contributed by atoms with Gasteiger partial charge in [-0.3, -0.25) is 0 Å². The summed E-state index contributed by atoms with van der Waals surface area (Å²) < 4.78 is 5.35. The Kier molecular flexibility index (Phi) is 2.89. The predicted octanol–water partition coefficient (Wildman–Crippen LogP) is 1.16. The summed E-state index contributed by atoms with van der Waals surface area (Å²) in [4.78, 5) is 0. The fraction of sp³-hybridized carbons (Fsp3) is 0.273. The topological polar surface area (TPSA) is 71.4 Å². The van der Waals surface area contributed by atoms with Crippen LogP contribution in [0.1, 0.15) is 0 Å². The largest absolute Gasteiger partial charge is 0.462 e. The molecule has 2 rings (SSSR count). The summed E-state index contributed by atoms with van der Waals surface area (Å²) in [6, 6.07) is 7.51. The van der Waals surface area contributed by atoms with Gasteiger partial charge in [0.05, 0.1) is 12.3 Å². The SMILES string of the molecule is NC(CO)CNc1coc2ccccc12. The van der Waals surface area contributed by atoms with Crippen molar-refractivity contribution in [2.24, 2.45) is 5.73 Å². The molecule has 1 aromatic carbocycles. The molecule has 1 heterocycles. The number of fused-ring (bicyclic) bond motifs is 1. The van der Waals surface area contributed by atoms with Crippen LogP contribution >= 0.6 is 0 Å². The van der Waals surface area contributed by atoms with Gasteiger partial charge in [-0.25, -0.2) is 0 Å². The average Bonchev–Trinajstić information content (AvgIpc) is 2.69. The third-order valence-electron chi connectivity index (χ3n) is 2.27. The van der Waals surface area contributed by atoms with E-state index < -0.39 is 0 Å². The molecule has 0 aliphatic carbocycles. The molecule has 0 radical (unpaired) electrons. The number of rotatable bonds is 4. The zero-order valence-electron chi connectivity index (χ0n) is 8.31. The third kappa shape index (κ3) is 2.11. The van der Waals surface area contributed by atoms with E-state index in [9.17, 15) is 0 Å². The lowest BCUT2D eigenvalue weighted by molar-refractivity contribution is 0.270. The smallest absolute Gasteiger partial charge is 0.136 e. The van der Waals surface area contributed by atoms with Crippen molar-refractivity contribution in [3.05, 3.63) is 30.5 Å². The number of furan rings is 1. The minimum absolute atomic E-state index is 0.0250. The number of aliphatic hydroxyl groups is 1. The quantitative estimate of drug-likeness (QED) is 0.702. The molecular weight excluding hydrogens is 192 g/mol. The number of anilines is 1. The van der Waals surface area contributed by atoms with Crippen LogP contribution in [0, 0.1) is 0 Å². The lowest BCUT2D eigenvalue weighted by Gasteiger charge is -2.09. The molecule has 2 aromatic rings. The maximum Gasteiger partial charge on any atom is 0.136 e. The highest BCUT2D eigenvalue weighted by Gasteiger charge is 2.05. The van der Waals surface area contributed by atoms with Gasteiger partial charge in [0.1, 0.15) is 11.8 Å². The number of hydrogen-bond donors (Lipinski definition) is 3. The van der Waals surface area contributed by atoms with E-state index in [0.29, 0.717) is 6.54 Å². The Morgan fingerprint density at radius 2 is 2.20 bits per heavy atom. The summed E-state index contributed by atoms with van der Waals surface area (Å²) in [6.07, 6.45) is 1.66. The van der Waals surface area contributed by atoms with E-state index in [-0.39, 0.29) is 12.6 Å². The van der Waals surface area contributed by atoms with Gasteiger partial charge in [0.2, 0.25) is 0 Å². The molecule has 1 unspecified atom stereocenters. The molecular formula is C11H14N2O2. The average molecular weight is 206 g/mol. The zero-order valence-corrected chi connectivity index (χ0v) is 8.31. The Morgan fingerprint density at radius 1 is 1.40 bits per heavy atom. The minimum Gasteiger partial charge on any atom is -0.462 e. The summed E-state index contributed by atoms with van der Waals surface area (Å²) in [6.45, 7) is 0.503. The van der Waals surface area contributed by atoms with Crippen molar-refractivity contribution in [2.75, 3.05) is 18.5 Å². The van der Waals surface area contributed by atoms with Crippen LogP contribution in [0.15, 0.2) is 34.9 Å². The van der Waals surface area contributed by atoms with E-state index in [1.807, 2.05) is 24.3 Å². The first-order valence-corrected chi connectivity index (χ1v) is 4.88. The van der Waals surface area contributed by atoms with Gasteiger partial charge in [0, 0.05) is 18.0 Å². The van der Waals surface area contributed by atoms with Crippen LogP contribution in [0.5, 0.6) is 0 Å². The number of nitrogens with one attached hydrogen (secondary N) is 1. The standard InChI is InChI=1S/C11H14N2O2/c12-8(6-14)5-13-10-7-15-11-4-2-1-3-9(10)11/h1-4,7-8,13-14H,5-6,12H2. The summed E-state index contributed by atoms with van der Waals surface area (Å²) in [5, 5.41) is 13.0. The second-order valence-electron chi connectivity index (χ2n) is 3.47. The summed E-state index contributed by atoms with van der Waals surface area (Å²) >= 11 is 0. The van der Waals surface area contributed by atoms with Crippen molar-refractivity contribution < 1.29 is 9.52 Å². The van der Waals surface area contributed by atoms with Gasteiger partial charge in [-0.2, -0.15) is 0 Å². The summed E-state index contributed by atoms with van der Waals surface area (Å²) in [7, 11) is 0. The molecule has 15 heavy (non-hydrogen) atoms. The first-order chi connectivity index (χ1) is 7.31. The van der Waals surface area contributed by atoms with Crippen molar-refractivity contribution in [1.82, 2.24) is 0 Å². The first-order valence-electron chi connectivity index (χ1n) is 4.88. The number of hydrogen-bond acceptors (Lipinski definition) is 4. The molecule has 0 spiro atoms. The van der Waals surface area contributed by atoms with E-state index in [1.165, 1.54) is 0 Å². The fourth-order valence-electron chi connectivity index (χ4n) is 1.42. The molecule has 1 aromatic heterocycles. The van der Waals surface area contributed by atoms with Gasteiger partial charge >= 0.3 is 0 Å². The van der Waals surface area contributed by atoms with Crippen LogP contribution in [0.25, 0.3) is 11.0 Å². The number of nitrogens with two attached hydrogens (primary N) is 1. The number of aliphatic hydroxyl groups excluding tert-OH is 1. The number of benzene rings is 1. The van der Waals surface area contributed by atoms with Gasteiger partial charge in [0.25, 0.3) is 0 Å². The normalized spacial score (nSPS) is 12.9. The van der Waals surface area contributed by atoms with Gasteiger partial charge in [-0.1, -0.05) is 12.1 Å². The Hall–Kier alpha value is -1.52. The molecule has 0 aliphatic rings. The van der Waals surface area contributed by atoms with Crippen LogP contribution < -0.4 is 11.1 Å². The third-order valence-corrected chi connectivity index (χ3v) is 2.27.